The molecule has 0 saturated heterocycles. The Labute approximate surface area is 139 Å². The topological polar surface area (TPSA) is 9.23 Å². The molecule has 0 spiro atoms. The van der Waals surface area contributed by atoms with Crippen LogP contribution in [0, 0.1) is 29.1 Å². The Morgan fingerprint density at radius 3 is 1.95 bits per heavy atom. The second-order valence-electron chi connectivity index (χ2n) is 8.27. The van der Waals surface area contributed by atoms with E-state index in [1.807, 2.05) is 11.8 Å². The molecule has 0 amide bonds. The van der Waals surface area contributed by atoms with Crippen LogP contribution in [-0.4, -0.2) is 24.7 Å². The molecular weight excluding hydrogens is 276 g/mol. The molecule has 0 saturated carbocycles. The van der Waals surface area contributed by atoms with Gasteiger partial charge in [0.25, 0.3) is 0 Å². The van der Waals surface area contributed by atoms with Crippen molar-refractivity contribution in [2.45, 2.75) is 73.5 Å². The van der Waals surface area contributed by atoms with Crippen molar-refractivity contribution in [2.24, 2.45) is 29.1 Å². The van der Waals surface area contributed by atoms with Crippen molar-refractivity contribution < 1.29 is 4.74 Å². The maximum atomic E-state index is 6.09. The second-order valence-corrected chi connectivity index (χ2v) is 9.55. The summed E-state index contributed by atoms with van der Waals surface area (Å²) >= 11 is 1.97. The lowest BCUT2D eigenvalue weighted by Crippen LogP contribution is -2.30. The molecule has 0 aromatic carbocycles. The third-order valence-electron chi connectivity index (χ3n) is 5.09. The first-order chi connectivity index (χ1) is 9.60. The van der Waals surface area contributed by atoms with E-state index in [2.05, 4.69) is 61.6 Å². The van der Waals surface area contributed by atoms with Crippen LogP contribution in [0.15, 0.2) is 0 Å². The maximum Gasteiger partial charge on any atom is 0.0519 e. The van der Waals surface area contributed by atoms with E-state index in [4.69, 9.17) is 4.74 Å². The largest absolute Gasteiger partial charge is 0.381 e. The molecule has 0 N–H and O–H groups in total. The fourth-order valence-electron chi connectivity index (χ4n) is 2.69. The van der Waals surface area contributed by atoms with Crippen molar-refractivity contribution >= 4 is 11.8 Å². The van der Waals surface area contributed by atoms with Crippen LogP contribution in [0.5, 0.6) is 0 Å². The Morgan fingerprint density at radius 1 is 0.905 bits per heavy atom. The first-order valence-corrected chi connectivity index (χ1v) is 9.99. The predicted molar refractivity (Wildman–Crippen MR) is 99.1 cm³/mol. The Kier molecular flexibility index (Phi) is 10.3. The van der Waals surface area contributed by atoms with Gasteiger partial charge in [-0.1, -0.05) is 55.4 Å². The van der Waals surface area contributed by atoms with E-state index < -0.39 is 0 Å². The minimum absolute atomic E-state index is 0.278. The van der Waals surface area contributed by atoms with Crippen LogP contribution in [0.25, 0.3) is 0 Å². The molecule has 0 heterocycles. The molecule has 0 aliphatic heterocycles. The first kappa shape index (κ1) is 21.3. The van der Waals surface area contributed by atoms with Gasteiger partial charge in [-0.25, -0.2) is 0 Å². The van der Waals surface area contributed by atoms with Crippen LogP contribution in [0.3, 0.4) is 0 Å². The molecule has 0 rings (SSSR count). The highest BCUT2D eigenvalue weighted by Gasteiger charge is 2.27. The summed E-state index contributed by atoms with van der Waals surface area (Å²) in [7, 11) is 0. The van der Waals surface area contributed by atoms with Crippen LogP contribution in [0.1, 0.15) is 68.2 Å². The second kappa shape index (κ2) is 10.2. The lowest BCUT2D eigenvalue weighted by Gasteiger charge is -2.33. The van der Waals surface area contributed by atoms with E-state index in [1.54, 1.807) is 0 Å². The van der Waals surface area contributed by atoms with Gasteiger partial charge < -0.3 is 4.74 Å². The van der Waals surface area contributed by atoms with Gasteiger partial charge in [-0.05, 0) is 48.2 Å². The van der Waals surface area contributed by atoms with Crippen LogP contribution in [0.4, 0.5) is 0 Å². The summed E-state index contributed by atoms with van der Waals surface area (Å²) in [6.07, 6.45) is 4.78. The third-order valence-corrected chi connectivity index (χ3v) is 6.09. The zero-order valence-corrected chi connectivity index (χ0v) is 16.8. The predicted octanol–water partition coefficient (Wildman–Crippen LogP) is 6.13. The minimum Gasteiger partial charge on any atom is -0.381 e. The van der Waals surface area contributed by atoms with E-state index in [0.29, 0.717) is 11.8 Å². The molecule has 2 heteroatoms. The Morgan fingerprint density at radius 2 is 1.48 bits per heavy atom. The molecule has 0 aliphatic carbocycles. The Hall–Kier alpha value is 0.310. The highest BCUT2D eigenvalue weighted by Crippen LogP contribution is 2.32. The first-order valence-electron chi connectivity index (χ1n) is 8.70. The van der Waals surface area contributed by atoms with E-state index in [0.717, 1.165) is 30.3 Å². The van der Waals surface area contributed by atoms with Gasteiger partial charge >= 0.3 is 0 Å². The van der Waals surface area contributed by atoms with Gasteiger partial charge in [0.1, 0.15) is 0 Å². The fourth-order valence-corrected chi connectivity index (χ4v) is 3.19. The molecule has 0 fully saturated rings. The summed E-state index contributed by atoms with van der Waals surface area (Å²) in [5.74, 6) is 2.87. The minimum atomic E-state index is 0.278. The molecule has 0 radical (unpaired) electrons. The van der Waals surface area contributed by atoms with E-state index in [-0.39, 0.29) is 5.41 Å². The maximum absolute atomic E-state index is 6.09. The zero-order valence-electron chi connectivity index (χ0n) is 16.0. The van der Waals surface area contributed by atoms with Crippen molar-refractivity contribution in [1.82, 2.24) is 0 Å². The number of hydrogen-bond donors (Lipinski definition) is 0. The van der Waals surface area contributed by atoms with Gasteiger partial charge in [-0.15, -0.1) is 0 Å². The van der Waals surface area contributed by atoms with Gasteiger partial charge in [0.2, 0.25) is 0 Å². The number of hydrogen-bond acceptors (Lipinski definition) is 2. The lowest BCUT2D eigenvalue weighted by molar-refractivity contribution is 0.00564. The molecule has 128 valence electrons. The summed E-state index contributed by atoms with van der Waals surface area (Å²) < 4.78 is 6.09. The fraction of sp³-hybridized carbons (Fsp3) is 1.00. The van der Waals surface area contributed by atoms with Crippen molar-refractivity contribution in [2.75, 3.05) is 19.5 Å². The molecule has 0 aromatic heterocycles. The lowest BCUT2D eigenvalue weighted by atomic mass is 9.76. The summed E-state index contributed by atoms with van der Waals surface area (Å²) in [6, 6.07) is 0. The van der Waals surface area contributed by atoms with Gasteiger partial charge in [0, 0.05) is 11.9 Å². The van der Waals surface area contributed by atoms with Crippen molar-refractivity contribution in [1.29, 1.82) is 0 Å². The number of ether oxygens (including phenoxy) is 1. The van der Waals surface area contributed by atoms with Crippen molar-refractivity contribution in [3.63, 3.8) is 0 Å². The molecule has 0 aliphatic rings. The van der Waals surface area contributed by atoms with Crippen molar-refractivity contribution in [3.8, 4) is 0 Å². The van der Waals surface area contributed by atoms with E-state index >= 15 is 0 Å². The molecule has 4 atom stereocenters. The Balaban J connectivity index is 4.11. The van der Waals surface area contributed by atoms with Crippen molar-refractivity contribution in [3.05, 3.63) is 0 Å². The van der Waals surface area contributed by atoms with Crippen LogP contribution >= 0.6 is 11.8 Å². The molecule has 0 bridgehead atoms. The van der Waals surface area contributed by atoms with Crippen LogP contribution in [0.2, 0.25) is 0 Å². The monoisotopic (exact) mass is 316 g/mol. The average Bonchev–Trinajstić information content (AvgIpc) is 2.37. The highest BCUT2D eigenvalue weighted by molar-refractivity contribution is 7.99. The molecule has 0 aromatic rings. The summed E-state index contributed by atoms with van der Waals surface area (Å²) in [5, 5.41) is 0.755. The summed E-state index contributed by atoms with van der Waals surface area (Å²) in [5.41, 5.74) is 0.278. The van der Waals surface area contributed by atoms with E-state index in [1.165, 1.54) is 12.8 Å². The van der Waals surface area contributed by atoms with Crippen LogP contribution < -0.4 is 0 Å². The Bertz CT molecular complexity index is 262. The third kappa shape index (κ3) is 9.13. The van der Waals surface area contributed by atoms with Gasteiger partial charge in [0.05, 0.1) is 6.61 Å². The van der Waals surface area contributed by atoms with Gasteiger partial charge in [-0.2, -0.15) is 11.8 Å². The smallest absolute Gasteiger partial charge is 0.0519 e. The van der Waals surface area contributed by atoms with Gasteiger partial charge in [-0.3, -0.25) is 0 Å². The molecule has 21 heavy (non-hydrogen) atoms. The normalized spacial score (nSPS) is 18.6. The summed E-state index contributed by atoms with van der Waals surface area (Å²) in [6.45, 7) is 20.5. The average molecular weight is 317 g/mol. The number of thioether (sulfide) groups is 1. The van der Waals surface area contributed by atoms with Crippen LogP contribution in [-0.2, 0) is 4.74 Å². The highest BCUT2D eigenvalue weighted by atomic mass is 32.2. The molecular formula is C19H40OS. The SMILES string of the molecule is CSC(C)CC(C)C(C)COCC(C)(C)C(C)CC(C)C. The molecule has 4 unspecified atom stereocenters. The standard InChI is InChI=1S/C19H40OS/c1-14(2)10-17(5)19(7,8)13-20-12-16(4)15(3)11-18(6)21-9/h14-18H,10-13H2,1-9H3. The van der Waals surface area contributed by atoms with Gasteiger partial charge in [0.15, 0.2) is 0 Å². The van der Waals surface area contributed by atoms with E-state index in [9.17, 15) is 0 Å². The number of rotatable bonds is 11. The molecule has 1 nitrogen and oxygen atoms in total. The quantitative estimate of drug-likeness (QED) is 0.454. The zero-order chi connectivity index (χ0) is 16.6. The summed E-state index contributed by atoms with van der Waals surface area (Å²) in [4.78, 5) is 0.